The van der Waals surface area contributed by atoms with E-state index in [1.165, 1.54) is 77.0 Å². The monoisotopic (exact) mass is 578 g/mol. The fraction of sp³-hybridized carbons (Fsp3) is 0.941. The van der Waals surface area contributed by atoms with E-state index in [9.17, 15) is 9.59 Å². The SMILES string of the molecule is CCC1OC1CCCCCCCCCOC(=O)C1CC2OC2CC1C(=O)OCCCCCCCCCC1OC1CC. The predicted molar refractivity (Wildman–Crippen MR) is 159 cm³/mol. The molecular weight excluding hydrogens is 520 g/mol. The third-order valence-electron chi connectivity index (χ3n) is 9.69. The summed E-state index contributed by atoms with van der Waals surface area (Å²) in [5, 5.41) is 0. The number of unbranched alkanes of at least 4 members (excludes halogenated alkanes) is 12. The molecule has 7 nitrogen and oxygen atoms in total. The Labute approximate surface area is 249 Å². The van der Waals surface area contributed by atoms with E-state index >= 15 is 0 Å². The lowest BCUT2D eigenvalue weighted by Crippen LogP contribution is -2.37. The molecule has 0 spiro atoms. The van der Waals surface area contributed by atoms with Crippen LogP contribution in [0.5, 0.6) is 0 Å². The van der Waals surface area contributed by atoms with Gasteiger partial charge in [-0.25, -0.2) is 0 Å². The maximum Gasteiger partial charge on any atom is 0.309 e. The number of epoxide rings is 3. The van der Waals surface area contributed by atoms with Crippen molar-refractivity contribution in [1.29, 1.82) is 0 Å². The van der Waals surface area contributed by atoms with Crippen molar-refractivity contribution < 1.29 is 33.3 Å². The molecule has 4 rings (SSSR count). The number of carbonyl (C=O) groups is 2. The van der Waals surface area contributed by atoms with Crippen LogP contribution in [0.4, 0.5) is 0 Å². The van der Waals surface area contributed by atoms with Crippen LogP contribution >= 0.6 is 0 Å². The van der Waals surface area contributed by atoms with Gasteiger partial charge in [0.2, 0.25) is 0 Å². The highest BCUT2D eigenvalue weighted by molar-refractivity contribution is 5.82. The van der Waals surface area contributed by atoms with Gasteiger partial charge in [-0.1, -0.05) is 90.9 Å². The topological polar surface area (TPSA) is 90.2 Å². The van der Waals surface area contributed by atoms with Gasteiger partial charge in [-0.3, -0.25) is 9.59 Å². The number of hydrogen-bond donors (Lipinski definition) is 0. The van der Waals surface area contributed by atoms with Crippen LogP contribution in [0.15, 0.2) is 0 Å². The number of carbonyl (C=O) groups excluding carboxylic acids is 2. The zero-order valence-electron chi connectivity index (χ0n) is 26.0. The van der Waals surface area contributed by atoms with Crippen molar-refractivity contribution in [3.05, 3.63) is 0 Å². The molecule has 0 radical (unpaired) electrons. The average molecular weight is 579 g/mol. The Balaban J connectivity index is 0.971. The van der Waals surface area contributed by atoms with Crippen LogP contribution in [-0.4, -0.2) is 61.8 Å². The summed E-state index contributed by atoms with van der Waals surface area (Å²) < 4.78 is 28.1. The highest BCUT2D eigenvalue weighted by Crippen LogP contribution is 2.44. The lowest BCUT2D eigenvalue weighted by Gasteiger charge is -2.26. The standard InChI is InChI=1S/C34H58O7/c1-3-27-29(39-27)19-15-11-7-5-9-13-17-21-37-33(35)25-23-31-32(41-31)24-26(25)34(36)38-22-18-14-10-6-8-12-16-20-30-28(4-2)40-30/h25-32H,3-24H2,1-2H3. The predicted octanol–water partition coefficient (Wildman–Crippen LogP) is 7.46. The molecule has 0 bridgehead atoms. The third kappa shape index (κ3) is 11.8. The number of ether oxygens (including phenoxy) is 5. The van der Waals surface area contributed by atoms with Crippen molar-refractivity contribution in [1.82, 2.24) is 0 Å². The van der Waals surface area contributed by atoms with Crippen LogP contribution in [0.3, 0.4) is 0 Å². The Morgan fingerprint density at radius 3 is 1.24 bits per heavy atom. The van der Waals surface area contributed by atoms with Gasteiger partial charge in [0, 0.05) is 0 Å². The fourth-order valence-electron chi connectivity index (χ4n) is 6.75. The first-order valence-electron chi connectivity index (χ1n) is 17.4. The summed E-state index contributed by atoms with van der Waals surface area (Å²) in [6.07, 6.45) is 24.7. The molecule has 8 unspecified atom stereocenters. The molecule has 41 heavy (non-hydrogen) atoms. The Bertz CT molecular complexity index is 710. The van der Waals surface area contributed by atoms with E-state index in [1.807, 2.05) is 0 Å². The van der Waals surface area contributed by atoms with Crippen LogP contribution in [0, 0.1) is 11.8 Å². The van der Waals surface area contributed by atoms with Gasteiger partial charge in [0.15, 0.2) is 0 Å². The minimum Gasteiger partial charge on any atom is -0.465 e. The number of hydrogen-bond acceptors (Lipinski definition) is 7. The number of esters is 2. The molecule has 7 heteroatoms. The second kappa shape index (κ2) is 17.8. The first-order chi connectivity index (χ1) is 20.1. The zero-order valence-corrected chi connectivity index (χ0v) is 26.0. The van der Waals surface area contributed by atoms with Gasteiger partial charge in [0.1, 0.15) is 0 Å². The largest absolute Gasteiger partial charge is 0.465 e. The molecule has 4 fully saturated rings. The fourth-order valence-corrected chi connectivity index (χ4v) is 6.75. The summed E-state index contributed by atoms with van der Waals surface area (Å²) >= 11 is 0. The molecule has 1 aliphatic carbocycles. The lowest BCUT2D eigenvalue weighted by molar-refractivity contribution is -0.162. The molecule has 4 aliphatic rings. The van der Waals surface area contributed by atoms with Crippen molar-refractivity contribution >= 4 is 11.9 Å². The summed E-state index contributed by atoms with van der Waals surface area (Å²) in [5.74, 6) is -1.34. The van der Waals surface area contributed by atoms with E-state index in [1.54, 1.807) is 0 Å². The van der Waals surface area contributed by atoms with E-state index in [2.05, 4.69) is 13.8 Å². The Kier molecular flexibility index (Phi) is 14.2. The van der Waals surface area contributed by atoms with Gasteiger partial charge in [-0.2, -0.15) is 0 Å². The molecule has 8 atom stereocenters. The minimum atomic E-state index is -0.428. The quantitative estimate of drug-likeness (QED) is 0.0667. The van der Waals surface area contributed by atoms with Crippen LogP contribution in [0.25, 0.3) is 0 Å². The van der Waals surface area contributed by atoms with Crippen molar-refractivity contribution in [2.45, 2.75) is 179 Å². The average Bonchev–Trinajstić information content (AvgIpc) is 3.88. The summed E-state index contributed by atoms with van der Waals surface area (Å²) in [7, 11) is 0. The van der Waals surface area contributed by atoms with Gasteiger partial charge in [-0.15, -0.1) is 0 Å². The van der Waals surface area contributed by atoms with Gasteiger partial charge in [-0.05, 0) is 51.4 Å². The van der Waals surface area contributed by atoms with Gasteiger partial charge in [0.05, 0.1) is 61.7 Å². The highest BCUT2D eigenvalue weighted by Gasteiger charge is 2.53. The molecule has 3 heterocycles. The molecule has 3 saturated heterocycles. The van der Waals surface area contributed by atoms with Crippen molar-refractivity contribution in [3.8, 4) is 0 Å². The first-order valence-corrected chi connectivity index (χ1v) is 17.4. The molecule has 3 aliphatic heterocycles. The third-order valence-corrected chi connectivity index (χ3v) is 9.69. The van der Waals surface area contributed by atoms with Crippen molar-refractivity contribution in [2.24, 2.45) is 11.8 Å². The minimum absolute atomic E-state index is 0.112. The van der Waals surface area contributed by atoms with Crippen molar-refractivity contribution in [3.63, 3.8) is 0 Å². The summed E-state index contributed by atoms with van der Waals surface area (Å²) in [4.78, 5) is 25.8. The molecule has 0 N–H and O–H groups in total. The van der Waals surface area contributed by atoms with Gasteiger partial charge < -0.3 is 23.7 Å². The van der Waals surface area contributed by atoms with Crippen molar-refractivity contribution in [2.75, 3.05) is 13.2 Å². The maximum absolute atomic E-state index is 12.9. The van der Waals surface area contributed by atoms with Crippen LogP contribution < -0.4 is 0 Å². The molecule has 1 saturated carbocycles. The van der Waals surface area contributed by atoms with Gasteiger partial charge in [0.25, 0.3) is 0 Å². The normalized spacial score (nSPS) is 31.4. The zero-order chi connectivity index (χ0) is 28.9. The summed E-state index contributed by atoms with van der Waals surface area (Å²) in [6.45, 7) is 5.27. The molecule has 0 aromatic carbocycles. The second-order valence-electron chi connectivity index (χ2n) is 13.0. The van der Waals surface area contributed by atoms with Crippen LogP contribution in [0.2, 0.25) is 0 Å². The Morgan fingerprint density at radius 1 is 0.512 bits per heavy atom. The van der Waals surface area contributed by atoms with E-state index < -0.39 is 11.8 Å². The summed E-state index contributed by atoms with van der Waals surface area (Å²) in [6, 6.07) is 0. The van der Waals surface area contributed by atoms with E-state index in [0.717, 1.165) is 38.5 Å². The lowest BCUT2D eigenvalue weighted by atomic mass is 9.79. The van der Waals surface area contributed by atoms with E-state index in [0.29, 0.717) is 50.5 Å². The van der Waals surface area contributed by atoms with E-state index in [4.69, 9.17) is 23.7 Å². The second-order valence-corrected chi connectivity index (χ2v) is 13.0. The number of rotatable bonds is 24. The first kappa shape index (κ1) is 32.7. The van der Waals surface area contributed by atoms with Crippen LogP contribution in [0.1, 0.15) is 142 Å². The number of fused-ring (bicyclic) bond motifs is 1. The molecule has 236 valence electrons. The van der Waals surface area contributed by atoms with Crippen LogP contribution in [-0.2, 0) is 33.3 Å². The Morgan fingerprint density at radius 2 is 0.878 bits per heavy atom. The highest BCUT2D eigenvalue weighted by atomic mass is 16.6. The smallest absolute Gasteiger partial charge is 0.309 e. The molecular formula is C34H58O7. The molecule has 0 amide bonds. The summed E-state index contributed by atoms with van der Waals surface area (Å²) in [5.41, 5.74) is 0. The van der Waals surface area contributed by atoms with Gasteiger partial charge >= 0.3 is 11.9 Å². The van der Waals surface area contributed by atoms with E-state index in [-0.39, 0.29) is 24.1 Å². The molecule has 0 aromatic rings. The maximum atomic E-state index is 12.9. The Hall–Kier alpha value is -1.18. The molecule has 0 aromatic heterocycles.